The third-order valence-corrected chi connectivity index (χ3v) is 2.96. The minimum absolute atomic E-state index is 0.642. The number of nitrogens with zero attached hydrogens (tertiary/aromatic N) is 1. The maximum atomic E-state index is 5.15. The highest BCUT2D eigenvalue weighted by Gasteiger charge is 2.07. The second-order valence-electron chi connectivity index (χ2n) is 3.36. The molecule has 2 rings (SSSR count). The molecular formula is C13H12BrNO. The summed E-state index contributed by atoms with van der Waals surface area (Å²) in [5.41, 5.74) is 3.24. The van der Waals surface area contributed by atoms with Gasteiger partial charge in [0, 0.05) is 17.0 Å². The lowest BCUT2D eigenvalue weighted by molar-refractivity contribution is 0.398. The zero-order valence-corrected chi connectivity index (χ0v) is 10.6. The Labute approximate surface area is 103 Å². The fraction of sp³-hybridized carbons (Fsp3) is 0.154. The van der Waals surface area contributed by atoms with Crippen molar-refractivity contribution in [2.75, 3.05) is 7.11 Å². The molecule has 0 aliphatic rings. The number of halogens is 1. The van der Waals surface area contributed by atoms with Crippen molar-refractivity contribution in [3.8, 4) is 17.1 Å². The zero-order chi connectivity index (χ0) is 11.4. The number of ether oxygens (including phenoxy) is 1. The lowest BCUT2D eigenvalue weighted by atomic mass is 10.1. The largest absolute Gasteiger partial charge is 0.481 e. The summed E-state index contributed by atoms with van der Waals surface area (Å²) in [4.78, 5) is 4.48. The SMILES string of the molecule is COc1ccc(CBr)c(-c2ccccc2)n1. The average molecular weight is 278 g/mol. The molecule has 0 saturated carbocycles. The molecule has 0 atom stereocenters. The van der Waals surface area contributed by atoms with Crippen molar-refractivity contribution in [2.24, 2.45) is 0 Å². The van der Waals surface area contributed by atoms with E-state index in [1.54, 1.807) is 7.11 Å². The van der Waals surface area contributed by atoms with E-state index in [0.717, 1.165) is 22.2 Å². The lowest BCUT2D eigenvalue weighted by Crippen LogP contribution is -1.94. The summed E-state index contributed by atoms with van der Waals surface area (Å²) in [6, 6.07) is 14.0. The minimum Gasteiger partial charge on any atom is -0.481 e. The number of hydrogen-bond donors (Lipinski definition) is 0. The van der Waals surface area contributed by atoms with Crippen LogP contribution in [-0.4, -0.2) is 12.1 Å². The molecule has 0 fully saturated rings. The summed E-state index contributed by atoms with van der Waals surface area (Å²) in [7, 11) is 1.63. The van der Waals surface area contributed by atoms with E-state index < -0.39 is 0 Å². The summed E-state index contributed by atoms with van der Waals surface area (Å²) in [6.45, 7) is 0. The van der Waals surface area contributed by atoms with Crippen molar-refractivity contribution < 1.29 is 4.74 Å². The minimum atomic E-state index is 0.642. The smallest absolute Gasteiger partial charge is 0.213 e. The lowest BCUT2D eigenvalue weighted by Gasteiger charge is -2.08. The van der Waals surface area contributed by atoms with Crippen molar-refractivity contribution in [2.45, 2.75) is 5.33 Å². The first-order valence-electron chi connectivity index (χ1n) is 5.00. The first-order valence-corrected chi connectivity index (χ1v) is 6.12. The molecule has 1 aromatic carbocycles. The van der Waals surface area contributed by atoms with Crippen molar-refractivity contribution in [1.29, 1.82) is 0 Å². The highest BCUT2D eigenvalue weighted by molar-refractivity contribution is 9.08. The Bertz CT molecular complexity index is 471. The number of rotatable bonds is 3. The van der Waals surface area contributed by atoms with Gasteiger partial charge in [-0.25, -0.2) is 4.98 Å². The standard InChI is InChI=1S/C13H12BrNO/c1-16-12-8-7-11(9-14)13(15-12)10-5-3-2-4-6-10/h2-8H,9H2,1H3. The molecule has 0 spiro atoms. The Morgan fingerprint density at radius 3 is 2.50 bits per heavy atom. The number of methoxy groups -OCH3 is 1. The van der Waals surface area contributed by atoms with E-state index in [9.17, 15) is 0 Å². The van der Waals surface area contributed by atoms with Crippen molar-refractivity contribution in [3.05, 3.63) is 48.0 Å². The van der Waals surface area contributed by atoms with E-state index in [1.807, 2.05) is 42.5 Å². The molecule has 0 aliphatic carbocycles. The molecule has 1 heterocycles. The Hall–Kier alpha value is -1.35. The van der Waals surface area contributed by atoms with Crippen LogP contribution in [0.3, 0.4) is 0 Å². The summed E-state index contributed by atoms with van der Waals surface area (Å²) >= 11 is 3.47. The molecular weight excluding hydrogens is 266 g/mol. The predicted molar refractivity (Wildman–Crippen MR) is 68.9 cm³/mol. The summed E-state index contributed by atoms with van der Waals surface area (Å²) < 4.78 is 5.15. The van der Waals surface area contributed by atoms with Crippen LogP contribution in [0.5, 0.6) is 5.88 Å². The fourth-order valence-electron chi connectivity index (χ4n) is 1.54. The van der Waals surface area contributed by atoms with Crippen LogP contribution < -0.4 is 4.74 Å². The van der Waals surface area contributed by atoms with Gasteiger partial charge in [-0.05, 0) is 5.56 Å². The second-order valence-corrected chi connectivity index (χ2v) is 3.92. The van der Waals surface area contributed by atoms with Gasteiger partial charge in [-0.1, -0.05) is 52.3 Å². The van der Waals surface area contributed by atoms with E-state index in [2.05, 4.69) is 20.9 Å². The zero-order valence-electron chi connectivity index (χ0n) is 8.98. The first-order chi connectivity index (χ1) is 7.85. The van der Waals surface area contributed by atoms with Crippen molar-refractivity contribution in [1.82, 2.24) is 4.98 Å². The number of aromatic nitrogens is 1. The molecule has 0 N–H and O–H groups in total. The molecule has 1 aromatic heterocycles. The Morgan fingerprint density at radius 2 is 1.88 bits per heavy atom. The molecule has 0 bridgehead atoms. The van der Waals surface area contributed by atoms with Crippen LogP contribution in [0.25, 0.3) is 11.3 Å². The van der Waals surface area contributed by atoms with Crippen molar-refractivity contribution in [3.63, 3.8) is 0 Å². The van der Waals surface area contributed by atoms with Gasteiger partial charge in [-0.3, -0.25) is 0 Å². The van der Waals surface area contributed by atoms with Crippen molar-refractivity contribution >= 4 is 15.9 Å². The molecule has 16 heavy (non-hydrogen) atoms. The molecule has 0 amide bonds. The summed E-state index contributed by atoms with van der Waals surface area (Å²) in [6.07, 6.45) is 0. The summed E-state index contributed by atoms with van der Waals surface area (Å²) in [5.74, 6) is 0.642. The van der Waals surface area contributed by atoms with Crippen LogP contribution >= 0.6 is 15.9 Å². The van der Waals surface area contributed by atoms with E-state index in [1.165, 1.54) is 0 Å². The van der Waals surface area contributed by atoms with E-state index in [0.29, 0.717) is 5.88 Å². The van der Waals surface area contributed by atoms with Gasteiger partial charge in [0.1, 0.15) is 0 Å². The Morgan fingerprint density at radius 1 is 1.12 bits per heavy atom. The van der Waals surface area contributed by atoms with Gasteiger partial charge in [0.15, 0.2) is 0 Å². The number of pyridine rings is 1. The fourth-order valence-corrected chi connectivity index (χ4v) is 1.99. The topological polar surface area (TPSA) is 22.1 Å². The average Bonchev–Trinajstić information content (AvgIpc) is 2.39. The molecule has 0 aliphatic heterocycles. The van der Waals surface area contributed by atoms with Crippen LogP contribution in [0.1, 0.15) is 5.56 Å². The Kier molecular flexibility index (Phi) is 3.57. The number of alkyl halides is 1. The Balaban J connectivity index is 2.53. The van der Waals surface area contributed by atoms with E-state index in [-0.39, 0.29) is 0 Å². The van der Waals surface area contributed by atoms with E-state index >= 15 is 0 Å². The maximum absolute atomic E-state index is 5.15. The van der Waals surface area contributed by atoms with E-state index in [4.69, 9.17) is 4.74 Å². The molecule has 0 unspecified atom stereocenters. The van der Waals surface area contributed by atoms with Crippen LogP contribution in [0.2, 0.25) is 0 Å². The third kappa shape index (κ3) is 2.25. The van der Waals surface area contributed by atoms with Gasteiger partial charge in [0.05, 0.1) is 12.8 Å². The predicted octanol–water partition coefficient (Wildman–Crippen LogP) is 3.65. The van der Waals surface area contributed by atoms with Gasteiger partial charge >= 0.3 is 0 Å². The second kappa shape index (κ2) is 5.12. The molecule has 2 nitrogen and oxygen atoms in total. The van der Waals surface area contributed by atoms with Crippen LogP contribution in [0.15, 0.2) is 42.5 Å². The van der Waals surface area contributed by atoms with Gasteiger partial charge in [-0.2, -0.15) is 0 Å². The first kappa shape index (κ1) is 11.1. The number of hydrogen-bond acceptors (Lipinski definition) is 2. The monoisotopic (exact) mass is 277 g/mol. The third-order valence-electron chi connectivity index (χ3n) is 2.35. The van der Waals surface area contributed by atoms with Gasteiger partial charge in [0.2, 0.25) is 5.88 Å². The summed E-state index contributed by atoms with van der Waals surface area (Å²) in [5, 5.41) is 0.786. The molecule has 82 valence electrons. The maximum Gasteiger partial charge on any atom is 0.213 e. The molecule has 3 heteroatoms. The highest BCUT2D eigenvalue weighted by atomic mass is 79.9. The van der Waals surface area contributed by atoms with Gasteiger partial charge < -0.3 is 4.74 Å². The number of benzene rings is 1. The molecule has 2 aromatic rings. The molecule has 0 saturated heterocycles. The highest BCUT2D eigenvalue weighted by Crippen LogP contribution is 2.25. The van der Waals surface area contributed by atoms with Crippen LogP contribution in [-0.2, 0) is 5.33 Å². The normalized spacial score (nSPS) is 10.1. The quantitative estimate of drug-likeness (QED) is 0.799. The van der Waals surface area contributed by atoms with Gasteiger partial charge in [0.25, 0.3) is 0 Å². The molecule has 0 radical (unpaired) electrons. The van der Waals surface area contributed by atoms with Crippen LogP contribution in [0.4, 0.5) is 0 Å². The van der Waals surface area contributed by atoms with Gasteiger partial charge in [-0.15, -0.1) is 0 Å². The van der Waals surface area contributed by atoms with Crippen LogP contribution in [0, 0.1) is 0 Å².